The lowest BCUT2D eigenvalue weighted by Gasteiger charge is -2.26. The maximum atomic E-state index is 13.2. The average Bonchev–Trinajstić information content (AvgIpc) is 3.43. The molecule has 0 radical (unpaired) electrons. The van der Waals surface area contributed by atoms with Gasteiger partial charge in [0.15, 0.2) is 0 Å². The number of amides is 2. The van der Waals surface area contributed by atoms with Crippen molar-refractivity contribution in [2.24, 2.45) is 5.92 Å². The van der Waals surface area contributed by atoms with Crippen LogP contribution in [0.5, 0.6) is 0 Å². The molecule has 1 N–H and O–H groups in total. The summed E-state index contributed by atoms with van der Waals surface area (Å²) in [7, 11) is 0. The fourth-order valence-electron chi connectivity index (χ4n) is 4.17. The van der Waals surface area contributed by atoms with Crippen molar-refractivity contribution < 1.29 is 22.8 Å². The highest BCUT2D eigenvalue weighted by molar-refractivity contribution is 6.31. The molecule has 1 aliphatic carbocycles. The molecule has 4 nitrogen and oxygen atoms in total. The quantitative estimate of drug-likeness (QED) is 0.677. The predicted molar refractivity (Wildman–Crippen MR) is 110 cm³/mol. The van der Waals surface area contributed by atoms with E-state index in [0.717, 1.165) is 17.7 Å². The van der Waals surface area contributed by atoms with Gasteiger partial charge in [0.1, 0.15) is 0 Å². The van der Waals surface area contributed by atoms with Gasteiger partial charge in [-0.25, -0.2) is 0 Å². The van der Waals surface area contributed by atoms with Gasteiger partial charge in [-0.05, 0) is 48.1 Å². The van der Waals surface area contributed by atoms with Gasteiger partial charge in [-0.15, -0.1) is 0 Å². The van der Waals surface area contributed by atoms with Crippen molar-refractivity contribution in [2.45, 2.75) is 37.4 Å². The van der Waals surface area contributed by atoms with Crippen molar-refractivity contribution in [1.29, 1.82) is 0 Å². The molecule has 8 heteroatoms. The Morgan fingerprint density at radius 2 is 1.97 bits per heavy atom. The number of alkyl halides is 3. The van der Waals surface area contributed by atoms with E-state index in [4.69, 9.17) is 11.6 Å². The molecule has 164 valence electrons. The van der Waals surface area contributed by atoms with Crippen molar-refractivity contribution in [3.8, 4) is 0 Å². The van der Waals surface area contributed by atoms with E-state index in [-0.39, 0.29) is 30.2 Å². The number of carbonyl (C=O) groups excluding carboxylic acids is 2. The Balaban J connectivity index is 1.53. The highest BCUT2D eigenvalue weighted by atomic mass is 35.5. The van der Waals surface area contributed by atoms with E-state index in [1.54, 1.807) is 17.0 Å². The first-order chi connectivity index (χ1) is 14.7. The van der Waals surface area contributed by atoms with Gasteiger partial charge in [-0.3, -0.25) is 9.59 Å². The number of halogens is 4. The molecule has 2 aliphatic rings. The second-order valence-electron chi connectivity index (χ2n) is 8.10. The molecule has 0 aromatic heterocycles. The summed E-state index contributed by atoms with van der Waals surface area (Å²) in [4.78, 5) is 26.6. The first-order valence-corrected chi connectivity index (χ1v) is 10.6. The summed E-state index contributed by atoms with van der Waals surface area (Å²) in [5, 5.41) is 3.49. The third-order valence-electron chi connectivity index (χ3n) is 5.94. The molecule has 0 bridgehead atoms. The van der Waals surface area contributed by atoms with E-state index in [2.05, 4.69) is 5.32 Å². The summed E-state index contributed by atoms with van der Waals surface area (Å²) in [6.45, 7) is 0.686. The Kier molecular flexibility index (Phi) is 5.97. The summed E-state index contributed by atoms with van der Waals surface area (Å²) in [5.74, 6) is -0.586. The number of nitrogens with one attached hydrogen (secondary N) is 1. The standard InChI is InChI=1S/C23H22ClF3N2O2/c24-19-8-2-1-7-16(19)17-12-18(17)22(31)28-20(13-29-10-4-9-21(29)30)14-5-3-6-15(11-14)23(25,26)27/h1-3,5-8,11,17-18,20H,4,9-10,12-13H2,(H,28,31). The van der Waals surface area contributed by atoms with Gasteiger partial charge in [0, 0.05) is 30.5 Å². The molecule has 1 heterocycles. The molecule has 1 saturated heterocycles. The SMILES string of the molecule is O=C(NC(CN1CCCC1=O)c1cccc(C(F)(F)F)c1)C1CC1c1ccccc1Cl. The number of rotatable bonds is 6. The van der Waals surface area contributed by atoms with Gasteiger partial charge in [0.05, 0.1) is 11.6 Å². The van der Waals surface area contributed by atoms with E-state index in [9.17, 15) is 22.8 Å². The molecule has 3 unspecified atom stereocenters. The Morgan fingerprint density at radius 3 is 2.65 bits per heavy atom. The molecule has 2 fully saturated rings. The van der Waals surface area contributed by atoms with E-state index >= 15 is 0 Å². The average molecular weight is 451 g/mol. The van der Waals surface area contributed by atoms with Crippen LogP contribution >= 0.6 is 11.6 Å². The van der Waals surface area contributed by atoms with E-state index in [1.807, 2.05) is 18.2 Å². The van der Waals surface area contributed by atoms with Crippen molar-refractivity contribution in [1.82, 2.24) is 10.2 Å². The lowest BCUT2D eigenvalue weighted by Crippen LogP contribution is -2.39. The van der Waals surface area contributed by atoms with Crippen molar-refractivity contribution >= 4 is 23.4 Å². The van der Waals surface area contributed by atoms with Crippen LogP contribution in [0, 0.1) is 5.92 Å². The zero-order valence-corrected chi connectivity index (χ0v) is 17.4. The van der Waals surface area contributed by atoms with Crippen LogP contribution in [0.2, 0.25) is 5.02 Å². The smallest absolute Gasteiger partial charge is 0.347 e. The van der Waals surface area contributed by atoms with Gasteiger partial charge >= 0.3 is 6.18 Å². The Morgan fingerprint density at radius 1 is 1.19 bits per heavy atom. The third-order valence-corrected chi connectivity index (χ3v) is 6.28. The van der Waals surface area contributed by atoms with Crippen LogP contribution in [0.4, 0.5) is 13.2 Å². The molecule has 31 heavy (non-hydrogen) atoms. The lowest BCUT2D eigenvalue weighted by molar-refractivity contribution is -0.137. The highest BCUT2D eigenvalue weighted by Crippen LogP contribution is 2.49. The summed E-state index contributed by atoms with van der Waals surface area (Å²) >= 11 is 6.24. The second-order valence-corrected chi connectivity index (χ2v) is 8.51. The normalized spacial score (nSPS) is 21.8. The summed E-state index contributed by atoms with van der Waals surface area (Å²) in [6.07, 6.45) is -2.73. The summed E-state index contributed by atoms with van der Waals surface area (Å²) < 4.78 is 39.6. The van der Waals surface area contributed by atoms with E-state index < -0.39 is 17.8 Å². The topological polar surface area (TPSA) is 49.4 Å². The molecular formula is C23H22ClF3N2O2. The van der Waals surface area contributed by atoms with Gasteiger partial charge in [-0.1, -0.05) is 41.9 Å². The largest absolute Gasteiger partial charge is 0.416 e. The lowest BCUT2D eigenvalue weighted by atomic mass is 10.0. The molecule has 2 amide bonds. The van der Waals surface area contributed by atoms with Crippen molar-refractivity contribution in [3.05, 3.63) is 70.2 Å². The van der Waals surface area contributed by atoms with Crippen molar-refractivity contribution in [3.63, 3.8) is 0 Å². The fourth-order valence-corrected chi connectivity index (χ4v) is 4.44. The van der Waals surface area contributed by atoms with Crippen LogP contribution in [-0.2, 0) is 15.8 Å². The molecule has 3 atom stereocenters. The molecule has 1 saturated carbocycles. The van der Waals surface area contributed by atoms with Gasteiger partial charge in [0.25, 0.3) is 0 Å². The third kappa shape index (κ3) is 4.87. The molecule has 2 aromatic carbocycles. The van der Waals surface area contributed by atoms with Gasteiger partial charge in [0.2, 0.25) is 11.8 Å². The van der Waals surface area contributed by atoms with Gasteiger partial charge < -0.3 is 10.2 Å². The Labute approximate surface area is 183 Å². The summed E-state index contributed by atoms with van der Waals surface area (Å²) in [6, 6.07) is 11.5. The monoisotopic (exact) mass is 450 g/mol. The fraction of sp³-hybridized carbons (Fsp3) is 0.391. The molecular weight excluding hydrogens is 429 g/mol. The van der Waals surface area contributed by atoms with Crippen LogP contribution in [-0.4, -0.2) is 29.8 Å². The number of likely N-dealkylation sites (tertiary alicyclic amines) is 1. The zero-order chi connectivity index (χ0) is 22.2. The second kappa shape index (κ2) is 8.54. The minimum Gasteiger partial charge on any atom is -0.347 e. The number of hydrogen-bond acceptors (Lipinski definition) is 2. The summed E-state index contributed by atoms with van der Waals surface area (Å²) in [5.41, 5.74) is 0.449. The first kappa shape index (κ1) is 21.7. The van der Waals surface area contributed by atoms with Crippen LogP contribution in [0.25, 0.3) is 0 Å². The minimum atomic E-state index is -4.49. The maximum absolute atomic E-state index is 13.2. The maximum Gasteiger partial charge on any atom is 0.416 e. The van der Waals surface area contributed by atoms with Crippen LogP contribution in [0.15, 0.2) is 48.5 Å². The predicted octanol–water partition coefficient (Wildman–Crippen LogP) is 4.94. The van der Waals surface area contributed by atoms with Crippen LogP contribution in [0.1, 0.15) is 47.9 Å². The number of benzene rings is 2. The number of nitrogens with zero attached hydrogens (tertiary/aromatic N) is 1. The Bertz CT molecular complexity index is 995. The first-order valence-electron chi connectivity index (χ1n) is 10.2. The van der Waals surface area contributed by atoms with Crippen LogP contribution < -0.4 is 5.32 Å². The van der Waals surface area contributed by atoms with Crippen LogP contribution in [0.3, 0.4) is 0 Å². The molecule has 2 aromatic rings. The minimum absolute atomic E-state index is 0.00993. The number of carbonyl (C=O) groups is 2. The van der Waals surface area contributed by atoms with E-state index in [0.29, 0.717) is 36.4 Å². The molecule has 1 aliphatic heterocycles. The number of hydrogen-bond donors (Lipinski definition) is 1. The van der Waals surface area contributed by atoms with Gasteiger partial charge in [-0.2, -0.15) is 13.2 Å². The zero-order valence-electron chi connectivity index (χ0n) is 16.7. The highest BCUT2D eigenvalue weighted by Gasteiger charge is 2.45. The molecule has 4 rings (SSSR count). The Hall–Kier alpha value is -2.54. The molecule has 0 spiro atoms. The van der Waals surface area contributed by atoms with Crippen molar-refractivity contribution in [2.75, 3.05) is 13.1 Å². The van der Waals surface area contributed by atoms with E-state index in [1.165, 1.54) is 6.07 Å².